The van der Waals surface area contributed by atoms with Gasteiger partial charge in [0.25, 0.3) is 5.69 Å². The number of anilines is 1. The lowest BCUT2D eigenvalue weighted by molar-refractivity contribution is -0.384. The lowest BCUT2D eigenvalue weighted by Crippen LogP contribution is -2.40. The number of carbonyl (C=O) groups is 1. The molecule has 0 aliphatic carbocycles. The first kappa shape index (κ1) is 18.1. The molecule has 1 aliphatic heterocycles. The maximum atomic E-state index is 12.5. The van der Waals surface area contributed by atoms with E-state index >= 15 is 0 Å². The van der Waals surface area contributed by atoms with Gasteiger partial charge in [0.2, 0.25) is 10.0 Å². The minimum absolute atomic E-state index is 0.0594. The SMILES string of the molecule is C[C@@H](Nc1ccc(S(=O)(=O)N2CCOCC2)cc1[N+](=O)[O-])C(=O)O. The zero-order valence-corrected chi connectivity index (χ0v) is 13.7. The molecule has 132 valence electrons. The van der Waals surface area contributed by atoms with Gasteiger partial charge in [0, 0.05) is 19.2 Å². The van der Waals surface area contributed by atoms with E-state index in [-0.39, 0.29) is 36.9 Å². The maximum absolute atomic E-state index is 12.5. The summed E-state index contributed by atoms with van der Waals surface area (Å²) in [5.41, 5.74) is -0.562. The molecule has 24 heavy (non-hydrogen) atoms. The summed E-state index contributed by atoms with van der Waals surface area (Å²) in [5, 5.41) is 22.6. The topological polar surface area (TPSA) is 139 Å². The number of benzene rings is 1. The van der Waals surface area contributed by atoms with Gasteiger partial charge in [0.15, 0.2) is 0 Å². The molecule has 10 nitrogen and oxygen atoms in total. The molecular formula is C13H17N3O7S. The van der Waals surface area contributed by atoms with Gasteiger partial charge in [-0.2, -0.15) is 4.31 Å². The molecule has 1 aliphatic rings. The third kappa shape index (κ3) is 3.80. The average molecular weight is 359 g/mol. The van der Waals surface area contributed by atoms with E-state index in [0.717, 1.165) is 6.07 Å². The molecule has 1 fully saturated rings. The predicted octanol–water partition coefficient (Wildman–Crippen LogP) is 0.501. The Balaban J connectivity index is 2.37. The van der Waals surface area contributed by atoms with E-state index in [1.165, 1.54) is 23.4 Å². The molecule has 2 N–H and O–H groups in total. The van der Waals surface area contributed by atoms with Crippen molar-refractivity contribution in [3.8, 4) is 0 Å². The van der Waals surface area contributed by atoms with Crippen LogP contribution >= 0.6 is 0 Å². The number of nitro groups is 1. The lowest BCUT2D eigenvalue weighted by atomic mass is 10.2. The number of hydrogen-bond acceptors (Lipinski definition) is 7. The van der Waals surface area contributed by atoms with Gasteiger partial charge in [-0.25, -0.2) is 8.42 Å². The average Bonchev–Trinajstić information content (AvgIpc) is 2.55. The first-order valence-electron chi connectivity index (χ1n) is 7.09. The fourth-order valence-electron chi connectivity index (χ4n) is 2.18. The Labute approximate surface area is 138 Å². The van der Waals surface area contributed by atoms with Gasteiger partial charge >= 0.3 is 5.97 Å². The number of carboxylic acids is 1. The lowest BCUT2D eigenvalue weighted by Gasteiger charge is -2.26. The van der Waals surface area contributed by atoms with Crippen LogP contribution in [-0.4, -0.2) is 61.1 Å². The van der Waals surface area contributed by atoms with Crippen molar-refractivity contribution in [3.05, 3.63) is 28.3 Å². The number of nitro benzene ring substituents is 1. The summed E-state index contributed by atoms with van der Waals surface area (Å²) in [6.45, 7) is 2.19. The summed E-state index contributed by atoms with van der Waals surface area (Å²) < 4.78 is 31.4. The number of nitrogens with zero attached hydrogens (tertiary/aromatic N) is 2. The third-order valence-corrected chi connectivity index (χ3v) is 5.41. The van der Waals surface area contributed by atoms with Crippen LogP contribution in [0, 0.1) is 10.1 Å². The highest BCUT2D eigenvalue weighted by Gasteiger charge is 2.29. The second-order valence-electron chi connectivity index (χ2n) is 5.16. The van der Waals surface area contributed by atoms with Crippen LogP contribution < -0.4 is 5.32 Å². The highest BCUT2D eigenvalue weighted by atomic mass is 32.2. The molecule has 11 heteroatoms. The van der Waals surface area contributed by atoms with Gasteiger partial charge in [-0.1, -0.05) is 0 Å². The molecule has 1 heterocycles. The van der Waals surface area contributed by atoms with Gasteiger partial charge in [-0.3, -0.25) is 14.9 Å². The zero-order chi connectivity index (χ0) is 17.9. The van der Waals surface area contributed by atoms with Crippen molar-refractivity contribution in [1.82, 2.24) is 4.31 Å². The van der Waals surface area contributed by atoms with Gasteiger partial charge in [0.05, 0.1) is 23.0 Å². The predicted molar refractivity (Wildman–Crippen MR) is 83.4 cm³/mol. The van der Waals surface area contributed by atoms with Crippen molar-refractivity contribution in [2.75, 3.05) is 31.6 Å². The minimum atomic E-state index is -3.87. The van der Waals surface area contributed by atoms with Crippen LogP contribution in [0.1, 0.15) is 6.92 Å². The Hall–Kier alpha value is -2.24. The summed E-state index contributed by atoms with van der Waals surface area (Å²) in [6, 6.07) is 2.28. The molecule has 0 radical (unpaired) electrons. The molecule has 1 aromatic carbocycles. The number of nitrogens with one attached hydrogen (secondary N) is 1. The molecule has 0 unspecified atom stereocenters. The normalized spacial score (nSPS) is 17.2. The van der Waals surface area contributed by atoms with Crippen LogP contribution in [0.3, 0.4) is 0 Å². The molecule has 0 amide bonds. The minimum Gasteiger partial charge on any atom is -0.480 e. The monoisotopic (exact) mass is 359 g/mol. The molecule has 1 saturated heterocycles. The third-order valence-electron chi connectivity index (χ3n) is 3.52. The number of carboxylic acid groups (broad SMARTS) is 1. The summed E-state index contributed by atoms with van der Waals surface area (Å²) in [6.07, 6.45) is 0. The maximum Gasteiger partial charge on any atom is 0.325 e. The van der Waals surface area contributed by atoms with E-state index in [4.69, 9.17) is 9.84 Å². The second-order valence-corrected chi connectivity index (χ2v) is 7.09. The summed E-state index contributed by atoms with van der Waals surface area (Å²) in [7, 11) is -3.87. The van der Waals surface area contributed by atoms with Crippen molar-refractivity contribution in [2.24, 2.45) is 0 Å². The van der Waals surface area contributed by atoms with Crippen molar-refractivity contribution in [2.45, 2.75) is 17.9 Å². The van der Waals surface area contributed by atoms with Crippen LogP contribution in [0.25, 0.3) is 0 Å². The molecule has 0 spiro atoms. The van der Waals surface area contributed by atoms with Gasteiger partial charge < -0.3 is 15.2 Å². The van der Waals surface area contributed by atoms with Gasteiger partial charge in [-0.15, -0.1) is 0 Å². The Morgan fingerprint density at radius 2 is 2.04 bits per heavy atom. The number of ether oxygens (including phenoxy) is 1. The Morgan fingerprint density at radius 1 is 1.42 bits per heavy atom. The van der Waals surface area contributed by atoms with Crippen molar-refractivity contribution < 1.29 is 28.0 Å². The Morgan fingerprint density at radius 3 is 2.58 bits per heavy atom. The van der Waals surface area contributed by atoms with E-state index < -0.39 is 32.6 Å². The summed E-state index contributed by atoms with van der Waals surface area (Å²) in [4.78, 5) is 21.1. The quantitative estimate of drug-likeness (QED) is 0.553. The largest absolute Gasteiger partial charge is 0.480 e. The van der Waals surface area contributed by atoms with Crippen LogP contribution in [0.4, 0.5) is 11.4 Å². The van der Waals surface area contributed by atoms with Crippen LogP contribution in [0.15, 0.2) is 23.1 Å². The van der Waals surface area contributed by atoms with Crippen molar-refractivity contribution in [1.29, 1.82) is 0 Å². The Bertz CT molecular complexity index is 744. The molecule has 0 aromatic heterocycles. The van der Waals surface area contributed by atoms with Crippen LogP contribution in [-0.2, 0) is 19.6 Å². The smallest absolute Gasteiger partial charge is 0.325 e. The van der Waals surface area contributed by atoms with E-state index in [0.29, 0.717) is 0 Å². The first-order valence-corrected chi connectivity index (χ1v) is 8.53. The summed E-state index contributed by atoms with van der Waals surface area (Å²) >= 11 is 0. The molecular weight excluding hydrogens is 342 g/mol. The molecule has 1 aromatic rings. The number of morpholine rings is 1. The van der Waals surface area contributed by atoms with Gasteiger partial charge in [-0.05, 0) is 19.1 Å². The second kappa shape index (κ2) is 7.11. The standard InChI is InChI=1S/C13H17N3O7S/c1-9(13(17)18)14-11-3-2-10(8-12(11)16(19)20)24(21,22)15-4-6-23-7-5-15/h2-3,8-9,14H,4-7H2,1H3,(H,17,18)/t9-/m1/s1. The highest BCUT2D eigenvalue weighted by Crippen LogP contribution is 2.29. The number of hydrogen-bond donors (Lipinski definition) is 2. The highest BCUT2D eigenvalue weighted by molar-refractivity contribution is 7.89. The fraction of sp³-hybridized carbons (Fsp3) is 0.462. The van der Waals surface area contributed by atoms with Gasteiger partial charge in [0.1, 0.15) is 11.7 Å². The summed E-state index contributed by atoms with van der Waals surface area (Å²) in [5.74, 6) is -1.19. The van der Waals surface area contributed by atoms with E-state index in [9.17, 15) is 23.3 Å². The number of aliphatic carboxylic acids is 1. The number of rotatable bonds is 6. The van der Waals surface area contributed by atoms with Crippen molar-refractivity contribution in [3.63, 3.8) is 0 Å². The number of sulfonamides is 1. The Kier molecular flexibility index (Phi) is 5.36. The van der Waals surface area contributed by atoms with E-state index in [1.54, 1.807) is 0 Å². The van der Waals surface area contributed by atoms with E-state index in [1.807, 2.05) is 0 Å². The molecule has 2 rings (SSSR count). The van der Waals surface area contributed by atoms with E-state index in [2.05, 4.69) is 5.32 Å². The molecule has 0 bridgehead atoms. The fourth-order valence-corrected chi connectivity index (χ4v) is 3.60. The first-order chi connectivity index (χ1) is 11.2. The van der Waals surface area contributed by atoms with Crippen LogP contribution in [0.2, 0.25) is 0 Å². The van der Waals surface area contributed by atoms with Crippen molar-refractivity contribution >= 4 is 27.4 Å². The molecule has 0 saturated carbocycles. The molecule has 1 atom stereocenters. The zero-order valence-electron chi connectivity index (χ0n) is 12.8. The van der Waals surface area contributed by atoms with Crippen LogP contribution in [0.5, 0.6) is 0 Å².